The Kier molecular flexibility index (Phi) is 5.42. The van der Waals surface area contributed by atoms with Gasteiger partial charge in [0.15, 0.2) is 11.5 Å². The maximum atomic E-state index is 12.2. The van der Waals surface area contributed by atoms with Crippen LogP contribution in [0.25, 0.3) is 0 Å². The third-order valence-electron chi connectivity index (χ3n) is 3.02. The molecule has 0 radical (unpaired) electrons. The number of aromatic nitrogens is 3. The number of carboxylic acids is 1. The number of ether oxygens (including phenoxy) is 1. The van der Waals surface area contributed by atoms with E-state index in [-0.39, 0.29) is 29.1 Å². The fourth-order valence-electron chi connectivity index (χ4n) is 1.83. The minimum Gasteiger partial charge on any atom is -0.504 e. The predicted octanol–water partition coefficient (Wildman–Crippen LogP) is 0.914. The zero-order valence-electron chi connectivity index (χ0n) is 12.6. The number of phenols is 1. The van der Waals surface area contributed by atoms with Crippen molar-refractivity contribution < 1.29 is 19.7 Å². The molecule has 0 saturated carbocycles. The lowest BCUT2D eigenvalue weighted by Crippen LogP contribution is -2.25. The van der Waals surface area contributed by atoms with E-state index in [0.717, 1.165) is 4.68 Å². The van der Waals surface area contributed by atoms with Crippen LogP contribution < -0.4 is 10.3 Å². The zero-order chi connectivity index (χ0) is 17.7. The molecule has 0 spiro atoms. The van der Waals surface area contributed by atoms with Gasteiger partial charge in [-0.2, -0.15) is 14.9 Å². The molecule has 1 heterocycles. The molecule has 0 aliphatic heterocycles. The van der Waals surface area contributed by atoms with Crippen LogP contribution in [0.3, 0.4) is 0 Å². The van der Waals surface area contributed by atoms with Gasteiger partial charge in [-0.15, -0.1) is 0 Å². The minimum atomic E-state index is -1.04. The monoisotopic (exact) mass is 350 g/mol. The number of hydrogen-bond acceptors (Lipinski definition) is 7. The maximum absolute atomic E-state index is 12.2. The molecule has 0 bridgehead atoms. The third-order valence-corrected chi connectivity index (χ3v) is 3.28. The number of benzene rings is 1. The molecule has 0 aliphatic carbocycles. The van der Waals surface area contributed by atoms with Crippen LogP contribution in [0, 0.1) is 4.77 Å². The highest BCUT2D eigenvalue weighted by Gasteiger charge is 2.09. The molecule has 0 amide bonds. The van der Waals surface area contributed by atoms with Gasteiger partial charge < -0.3 is 14.9 Å². The van der Waals surface area contributed by atoms with Gasteiger partial charge in [0.1, 0.15) is 5.69 Å². The van der Waals surface area contributed by atoms with Crippen molar-refractivity contribution in [3.8, 4) is 11.5 Å². The number of nitrogens with one attached hydrogen (secondary N) is 1. The van der Waals surface area contributed by atoms with Crippen molar-refractivity contribution in [3.63, 3.8) is 0 Å². The molecule has 1 aromatic carbocycles. The lowest BCUT2D eigenvalue weighted by atomic mass is 10.2. The standard InChI is InChI=1S/C14H14N4O5S/c1-23-11-4-2-8(6-10(11)19)7-15-18-13(22)9(3-5-12(20)21)16-17-14(18)24/h2,4,6-7,19H,3,5H2,1H3,(H,17,24)(H,20,21)/b15-7-. The summed E-state index contributed by atoms with van der Waals surface area (Å²) < 4.78 is 5.80. The Balaban J connectivity index is 2.33. The van der Waals surface area contributed by atoms with Crippen LogP contribution in [-0.4, -0.2) is 44.4 Å². The fraction of sp³-hybridized carbons (Fsp3) is 0.214. The van der Waals surface area contributed by atoms with Gasteiger partial charge in [-0.25, -0.2) is 0 Å². The highest BCUT2D eigenvalue weighted by atomic mass is 32.1. The van der Waals surface area contributed by atoms with E-state index >= 15 is 0 Å². The van der Waals surface area contributed by atoms with E-state index in [2.05, 4.69) is 15.3 Å². The van der Waals surface area contributed by atoms with Crippen LogP contribution in [0.1, 0.15) is 17.7 Å². The molecule has 126 valence electrons. The van der Waals surface area contributed by atoms with Gasteiger partial charge in [0, 0.05) is 6.42 Å². The fourth-order valence-corrected chi connectivity index (χ4v) is 2.01. The highest BCUT2D eigenvalue weighted by Crippen LogP contribution is 2.25. The number of rotatable bonds is 6. The second-order valence-corrected chi connectivity index (χ2v) is 5.05. The Labute approximate surface area is 140 Å². The van der Waals surface area contributed by atoms with Crippen molar-refractivity contribution in [2.45, 2.75) is 12.8 Å². The average Bonchev–Trinajstić information content (AvgIpc) is 2.54. The van der Waals surface area contributed by atoms with E-state index in [1.165, 1.54) is 19.4 Å². The molecule has 24 heavy (non-hydrogen) atoms. The van der Waals surface area contributed by atoms with Crippen LogP contribution >= 0.6 is 12.2 Å². The van der Waals surface area contributed by atoms with Gasteiger partial charge in [-0.1, -0.05) is 0 Å². The number of methoxy groups -OCH3 is 1. The quantitative estimate of drug-likeness (QED) is 0.521. The second kappa shape index (κ2) is 7.51. The van der Waals surface area contributed by atoms with E-state index in [0.29, 0.717) is 11.3 Å². The summed E-state index contributed by atoms with van der Waals surface area (Å²) in [6.07, 6.45) is 1.05. The Hall–Kier alpha value is -3.01. The summed E-state index contributed by atoms with van der Waals surface area (Å²) in [6, 6.07) is 4.59. The maximum Gasteiger partial charge on any atom is 0.303 e. The minimum absolute atomic E-state index is 0.0146. The number of aliphatic carboxylic acids is 1. The summed E-state index contributed by atoms with van der Waals surface area (Å²) in [5, 5.41) is 28.6. The van der Waals surface area contributed by atoms with Gasteiger partial charge in [0.25, 0.3) is 5.56 Å². The lowest BCUT2D eigenvalue weighted by Gasteiger charge is -2.04. The number of carboxylic acid groups (broad SMARTS) is 1. The summed E-state index contributed by atoms with van der Waals surface area (Å²) >= 11 is 4.96. The number of H-pyrrole nitrogens is 1. The molecule has 0 aliphatic rings. The topological polar surface area (TPSA) is 130 Å². The van der Waals surface area contributed by atoms with E-state index in [1.807, 2.05) is 0 Å². The van der Waals surface area contributed by atoms with Crippen LogP contribution in [0.2, 0.25) is 0 Å². The van der Waals surface area contributed by atoms with Crippen molar-refractivity contribution >= 4 is 24.4 Å². The molecule has 2 rings (SSSR count). The third kappa shape index (κ3) is 4.04. The molecular weight excluding hydrogens is 336 g/mol. The first-order valence-corrected chi connectivity index (χ1v) is 7.17. The molecule has 0 saturated heterocycles. The normalized spacial score (nSPS) is 10.9. The molecule has 3 N–H and O–H groups in total. The zero-order valence-corrected chi connectivity index (χ0v) is 13.4. The van der Waals surface area contributed by atoms with E-state index < -0.39 is 11.5 Å². The van der Waals surface area contributed by atoms with Crippen molar-refractivity contribution in [1.29, 1.82) is 0 Å². The average molecular weight is 350 g/mol. The van der Waals surface area contributed by atoms with Gasteiger partial charge in [0.05, 0.1) is 19.7 Å². The van der Waals surface area contributed by atoms with Crippen LogP contribution in [0.15, 0.2) is 28.1 Å². The van der Waals surface area contributed by atoms with Crippen molar-refractivity contribution in [1.82, 2.24) is 14.9 Å². The van der Waals surface area contributed by atoms with Crippen molar-refractivity contribution in [3.05, 3.63) is 44.6 Å². The first-order valence-electron chi connectivity index (χ1n) is 6.76. The summed E-state index contributed by atoms with van der Waals surface area (Å²) in [7, 11) is 1.43. The molecule has 0 unspecified atom stereocenters. The largest absolute Gasteiger partial charge is 0.504 e. The first kappa shape index (κ1) is 17.3. The van der Waals surface area contributed by atoms with E-state index in [9.17, 15) is 14.7 Å². The molecule has 9 nitrogen and oxygen atoms in total. The summed E-state index contributed by atoms with van der Waals surface area (Å²) in [5.74, 6) is -0.806. The first-order chi connectivity index (χ1) is 11.4. The number of aromatic hydroxyl groups is 1. The number of nitrogens with zero attached hydrogens (tertiary/aromatic N) is 3. The Morgan fingerprint density at radius 2 is 2.29 bits per heavy atom. The summed E-state index contributed by atoms with van der Waals surface area (Å²) in [5.41, 5.74) is -0.0757. The lowest BCUT2D eigenvalue weighted by molar-refractivity contribution is -0.136. The smallest absolute Gasteiger partial charge is 0.303 e. The molecule has 0 fully saturated rings. The number of hydrogen-bond donors (Lipinski definition) is 3. The van der Waals surface area contributed by atoms with Gasteiger partial charge in [-0.05, 0) is 36.0 Å². The van der Waals surface area contributed by atoms with Crippen LogP contribution in [0.5, 0.6) is 11.5 Å². The summed E-state index contributed by atoms with van der Waals surface area (Å²) in [4.78, 5) is 22.8. The second-order valence-electron chi connectivity index (χ2n) is 4.66. The molecule has 0 atom stereocenters. The van der Waals surface area contributed by atoms with Gasteiger partial charge >= 0.3 is 5.97 Å². The highest BCUT2D eigenvalue weighted by molar-refractivity contribution is 7.71. The van der Waals surface area contributed by atoms with Gasteiger partial charge in [-0.3, -0.25) is 14.7 Å². The molecule has 10 heteroatoms. The SMILES string of the molecule is COc1ccc(/C=N\n2c(=S)[nH]nc(CCC(=O)O)c2=O)cc1O. The molecule has 2 aromatic rings. The molecular formula is C14H14N4O5S. The van der Waals surface area contributed by atoms with Crippen molar-refractivity contribution in [2.24, 2.45) is 5.10 Å². The van der Waals surface area contributed by atoms with Crippen LogP contribution in [-0.2, 0) is 11.2 Å². The Bertz CT molecular complexity index is 903. The van der Waals surface area contributed by atoms with Gasteiger partial charge in [0.2, 0.25) is 4.77 Å². The number of phenolic OH excluding ortho intramolecular Hbond substituents is 1. The number of aromatic amines is 1. The Morgan fingerprint density at radius 1 is 1.54 bits per heavy atom. The predicted molar refractivity (Wildman–Crippen MR) is 87.3 cm³/mol. The van der Waals surface area contributed by atoms with Crippen molar-refractivity contribution in [2.75, 3.05) is 7.11 Å². The Morgan fingerprint density at radius 3 is 2.92 bits per heavy atom. The molecule has 1 aromatic heterocycles. The van der Waals surface area contributed by atoms with E-state index in [4.69, 9.17) is 22.1 Å². The number of aryl methyl sites for hydroxylation is 1. The summed E-state index contributed by atoms with van der Waals surface area (Å²) in [6.45, 7) is 0. The van der Waals surface area contributed by atoms with Crippen LogP contribution in [0.4, 0.5) is 0 Å². The number of carbonyl (C=O) groups is 1. The van der Waals surface area contributed by atoms with E-state index in [1.54, 1.807) is 12.1 Å².